The third-order valence-corrected chi connectivity index (χ3v) is 2.56. The summed E-state index contributed by atoms with van der Waals surface area (Å²) < 4.78 is 18.6. The van der Waals surface area contributed by atoms with Crippen LogP contribution >= 0.6 is 11.6 Å². The predicted molar refractivity (Wildman–Crippen MR) is 64.9 cm³/mol. The Morgan fingerprint density at radius 3 is 2.44 bits per heavy atom. The molecular weight excluding hydrogens is 259 g/mol. The average Bonchev–Trinajstić information content (AvgIpc) is 2.31. The fraction of sp³-hybridized carbons (Fsp3) is 0. The molecule has 0 unspecified atom stereocenters. The van der Waals surface area contributed by atoms with Crippen molar-refractivity contribution in [2.24, 2.45) is 0 Å². The normalized spacial score (nSPS) is 10.1. The van der Waals surface area contributed by atoms with Gasteiger partial charge in [-0.05, 0) is 24.3 Å². The van der Waals surface area contributed by atoms with E-state index in [0.29, 0.717) is 0 Å². The summed E-state index contributed by atoms with van der Waals surface area (Å²) in [5.41, 5.74) is -0.192. The smallest absolute Gasteiger partial charge is 0.341 e. The molecule has 3 nitrogen and oxygen atoms in total. The van der Waals surface area contributed by atoms with Crippen LogP contribution < -0.4 is 4.74 Å². The molecular formula is C13H8ClFO3. The molecule has 0 fully saturated rings. The van der Waals surface area contributed by atoms with Crippen LogP contribution in [0.5, 0.6) is 11.5 Å². The van der Waals surface area contributed by atoms with Crippen LogP contribution in [0.1, 0.15) is 10.4 Å². The number of ether oxygens (including phenoxy) is 1. The Morgan fingerprint density at radius 2 is 1.78 bits per heavy atom. The zero-order valence-electron chi connectivity index (χ0n) is 9.06. The van der Waals surface area contributed by atoms with Crippen LogP contribution in [0.2, 0.25) is 5.02 Å². The SMILES string of the molecule is O=C(O)c1c(Cl)cccc1Oc1ccccc1F. The van der Waals surface area contributed by atoms with Crippen LogP contribution in [0.4, 0.5) is 4.39 Å². The van der Waals surface area contributed by atoms with Crippen LogP contribution in [-0.4, -0.2) is 11.1 Å². The molecule has 1 N–H and O–H groups in total. The van der Waals surface area contributed by atoms with Crippen LogP contribution in [-0.2, 0) is 0 Å². The lowest BCUT2D eigenvalue weighted by Gasteiger charge is -2.10. The van der Waals surface area contributed by atoms with Crippen molar-refractivity contribution in [3.63, 3.8) is 0 Å². The van der Waals surface area contributed by atoms with Crippen LogP contribution in [0.25, 0.3) is 0 Å². The highest BCUT2D eigenvalue weighted by atomic mass is 35.5. The zero-order chi connectivity index (χ0) is 13.1. The maximum Gasteiger partial charge on any atom is 0.341 e. The minimum absolute atomic E-state index is 0.0000926. The number of aromatic carboxylic acids is 1. The first-order chi connectivity index (χ1) is 8.59. The predicted octanol–water partition coefficient (Wildman–Crippen LogP) is 3.97. The monoisotopic (exact) mass is 266 g/mol. The van der Waals surface area contributed by atoms with E-state index in [2.05, 4.69) is 0 Å². The van der Waals surface area contributed by atoms with E-state index in [0.717, 1.165) is 0 Å². The first-order valence-corrected chi connectivity index (χ1v) is 5.41. The lowest BCUT2D eigenvalue weighted by molar-refractivity contribution is 0.0694. The highest BCUT2D eigenvalue weighted by Gasteiger charge is 2.17. The molecule has 2 aromatic rings. The fourth-order valence-electron chi connectivity index (χ4n) is 1.44. The second-order valence-corrected chi connectivity index (χ2v) is 3.86. The summed E-state index contributed by atoms with van der Waals surface area (Å²) in [4.78, 5) is 11.1. The Labute approximate surface area is 107 Å². The molecule has 0 aliphatic carbocycles. The summed E-state index contributed by atoms with van der Waals surface area (Å²) in [7, 11) is 0. The van der Waals surface area contributed by atoms with Gasteiger partial charge < -0.3 is 9.84 Å². The second kappa shape index (κ2) is 5.06. The van der Waals surface area contributed by atoms with E-state index in [1.54, 1.807) is 6.07 Å². The van der Waals surface area contributed by atoms with Gasteiger partial charge in [-0.3, -0.25) is 0 Å². The van der Waals surface area contributed by atoms with E-state index in [4.69, 9.17) is 21.4 Å². The van der Waals surface area contributed by atoms with Crippen molar-refractivity contribution in [2.75, 3.05) is 0 Å². The van der Waals surface area contributed by atoms with Gasteiger partial charge in [-0.2, -0.15) is 0 Å². The van der Waals surface area contributed by atoms with Gasteiger partial charge in [0.25, 0.3) is 0 Å². The third kappa shape index (κ3) is 2.43. The second-order valence-electron chi connectivity index (χ2n) is 3.45. The number of carbonyl (C=O) groups is 1. The standard InChI is InChI=1S/C13H8ClFO3/c14-8-4-3-7-11(12(8)13(16)17)18-10-6-2-1-5-9(10)15/h1-7H,(H,16,17). The van der Waals surface area contributed by atoms with Crippen molar-refractivity contribution < 1.29 is 19.0 Å². The van der Waals surface area contributed by atoms with Crippen LogP contribution in [0.3, 0.4) is 0 Å². The van der Waals surface area contributed by atoms with Crippen LogP contribution in [0.15, 0.2) is 42.5 Å². The topological polar surface area (TPSA) is 46.5 Å². The maximum absolute atomic E-state index is 13.4. The number of hydrogen-bond acceptors (Lipinski definition) is 2. The van der Waals surface area contributed by atoms with Gasteiger partial charge in [0.1, 0.15) is 11.3 Å². The van der Waals surface area contributed by atoms with Crippen molar-refractivity contribution in [1.82, 2.24) is 0 Å². The lowest BCUT2D eigenvalue weighted by atomic mass is 10.2. The average molecular weight is 267 g/mol. The van der Waals surface area contributed by atoms with Gasteiger partial charge in [-0.25, -0.2) is 9.18 Å². The van der Waals surface area contributed by atoms with Crippen molar-refractivity contribution in [3.05, 3.63) is 58.9 Å². The summed E-state index contributed by atoms with van der Waals surface area (Å²) >= 11 is 5.78. The molecule has 0 aliphatic heterocycles. The van der Waals surface area contributed by atoms with Crippen molar-refractivity contribution in [1.29, 1.82) is 0 Å². The Bertz CT molecular complexity index is 599. The van der Waals surface area contributed by atoms with Crippen molar-refractivity contribution in [2.45, 2.75) is 0 Å². The van der Waals surface area contributed by atoms with E-state index >= 15 is 0 Å². The molecule has 0 radical (unpaired) electrons. The number of benzene rings is 2. The summed E-state index contributed by atoms with van der Waals surface area (Å²) in [6.07, 6.45) is 0. The van der Waals surface area contributed by atoms with Gasteiger partial charge in [-0.15, -0.1) is 0 Å². The van der Waals surface area contributed by atoms with Gasteiger partial charge in [0.05, 0.1) is 5.02 Å². The van der Waals surface area contributed by atoms with Crippen molar-refractivity contribution >= 4 is 17.6 Å². The highest BCUT2D eigenvalue weighted by Crippen LogP contribution is 2.31. The molecule has 0 aromatic heterocycles. The Balaban J connectivity index is 2.44. The largest absolute Gasteiger partial charge is 0.478 e. The molecule has 5 heteroatoms. The summed E-state index contributed by atoms with van der Waals surface area (Å²) in [6.45, 7) is 0. The molecule has 0 spiro atoms. The third-order valence-electron chi connectivity index (χ3n) is 2.25. The van der Waals surface area contributed by atoms with E-state index in [9.17, 15) is 9.18 Å². The molecule has 18 heavy (non-hydrogen) atoms. The summed E-state index contributed by atoms with van der Waals surface area (Å²) in [5, 5.41) is 9.07. The van der Waals surface area contributed by atoms with E-state index in [1.165, 1.54) is 36.4 Å². The Kier molecular flexibility index (Phi) is 3.48. The number of carboxylic acids is 1. The molecule has 92 valence electrons. The van der Waals surface area contributed by atoms with Gasteiger partial charge in [0.2, 0.25) is 0 Å². The van der Waals surface area contributed by atoms with E-state index in [1.807, 2.05) is 0 Å². The lowest BCUT2D eigenvalue weighted by Crippen LogP contribution is -2.01. The molecule has 0 amide bonds. The Hall–Kier alpha value is -2.07. The number of carboxylic acid groups (broad SMARTS) is 1. The first-order valence-electron chi connectivity index (χ1n) is 5.04. The number of halogens is 2. The minimum atomic E-state index is -1.23. The van der Waals surface area contributed by atoms with Crippen LogP contribution in [0, 0.1) is 5.82 Å². The van der Waals surface area contributed by atoms with Gasteiger partial charge >= 0.3 is 5.97 Å². The zero-order valence-corrected chi connectivity index (χ0v) is 9.82. The van der Waals surface area contributed by atoms with E-state index < -0.39 is 11.8 Å². The summed E-state index contributed by atoms with van der Waals surface area (Å²) in [6, 6.07) is 10.1. The van der Waals surface area contributed by atoms with E-state index in [-0.39, 0.29) is 22.1 Å². The molecule has 0 atom stereocenters. The van der Waals surface area contributed by atoms with Crippen molar-refractivity contribution in [3.8, 4) is 11.5 Å². The van der Waals surface area contributed by atoms with Gasteiger partial charge in [0, 0.05) is 0 Å². The number of para-hydroxylation sites is 1. The summed E-state index contributed by atoms with van der Waals surface area (Å²) in [5.74, 6) is -1.86. The fourth-order valence-corrected chi connectivity index (χ4v) is 1.69. The van der Waals surface area contributed by atoms with Gasteiger partial charge in [0.15, 0.2) is 11.6 Å². The minimum Gasteiger partial charge on any atom is -0.478 e. The first kappa shape index (κ1) is 12.4. The number of rotatable bonds is 3. The number of hydrogen-bond donors (Lipinski definition) is 1. The molecule has 0 heterocycles. The van der Waals surface area contributed by atoms with Gasteiger partial charge in [-0.1, -0.05) is 29.8 Å². The molecule has 0 saturated carbocycles. The molecule has 0 aliphatic rings. The highest BCUT2D eigenvalue weighted by molar-refractivity contribution is 6.33. The molecule has 0 saturated heterocycles. The molecule has 0 bridgehead atoms. The maximum atomic E-state index is 13.4. The quantitative estimate of drug-likeness (QED) is 0.914. The Morgan fingerprint density at radius 1 is 1.11 bits per heavy atom. The molecule has 2 rings (SSSR count). The molecule has 2 aromatic carbocycles.